The van der Waals surface area contributed by atoms with E-state index in [4.69, 9.17) is 0 Å². The molecule has 1 aliphatic heterocycles. The van der Waals surface area contributed by atoms with E-state index < -0.39 is 0 Å². The van der Waals surface area contributed by atoms with Crippen molar-refractivity contribution in [2.24, 2.45) is 0 Å². The minimum absolute atomic E-state index is 0.0800. The lowest BCUT2D eigenvalue weighted by molar-refractivity contribution is -0.120. The van der Waals surface area contributed by atoms with Crippen molar-refractivity contribution in [1.29, 1.82) is 0 Å². The molecule has 0 saturated heterocycles. The van der Waals surface area contributed by atoms with E-state index in [-0.39, 0.29) is 24.2 Å². The zero-order chi connectivity index (χ0) is 19.3. The summed E-state index contributed by atoms with van der Waals surface area (Å²) in [5, 5.41) is 3.04. The largest absolute Gasteiger partial charge is 0.354 e. The Morgan fingerprint density at radius 2 is 1.86 bits per heavy atom. The smallest absolute Gasteiger partial charge is 0.224 e. The number of nitrogens with one attached hydrogen (secondary N) is 1. The van der Waals surface area contributed by atoms with Gasteiger partial charge in [-0.25, -0.2) is 4.39 Å². The van der Waals surface area contributed by atoms with E-state index in [2.05, 4.69) is 57.4 Å². The van der Waals surface area contributed by atoms with Crippen molar-refractivity contribution in [2.75, 3.05) is 6.54 Å². The Morgan fingerprint density at radius 3 is 2.68 bits per heavy atom. The first-order chi connectivity index (χ1) is 13.7. The van der Waals surface area contributed by atoms with Crippen LogP contribution in [-0.2, 0) is 30.8 Å². The van der Waals surface area contributed by atoms with Crippen molar-refractivity contribution >= 4 is 5.91 Å². The number of benzene rings is 2. The number of halogens is 1. The van der Waals surface area contributed by atoms with Gasteiger partial charge in [0, 0.05) is 44.1 Å². The SMILES string of the molecule is O=C(Cc1cccc(F)c1)NCC1Cn2cccc2CN1Cc1ccccc1. The van der Waals surface area contributed by atoms with Crippen LogP contribution in [-0.4, -0.2) is 28.0 Å². The van der Waals surface area contributed by atoms with Crippen molar-refractivity contribution in [3.05, 3.63) is 95.6 Å². The lowest BCUT2D eigenvalue weighted by Gasteiger charge is -2.37. The van der Waals surface area contributed by atoms with Crippen LogP contribution in [0.3, 0.4) is 0 Å². The van der Waals surface area contributed by atoms with E-state index >= 15 is 0 Å². The van der Waals surface area contributed by atoms with Crippen LogP contribution in [0, 0.1) is 5.82 Å². The molecule has 0 aliphatic carbocycles. The summed E-state index contributed by atoms with van der Waals surface area (Å²) in [6.07, 6.45) is 2.29. The van der Waals surface area contributed by atoms with Gasteiger partial charge >= 0.3 is 0 Å². The fourth-order valence-corrected chi connectivity index (χ4v) is 3.77. The Morgan fingerprint density at radius 1 is 1.04 bits per heavy atom. The molecule has 5 heteroatoms. The first-order valence-corrected chi connectivity index (χ1v) is 9.60. The molecule has 1 aliphatic rings. The molecular formula is C23H24FN3O. The summed E-state index contributed by atoms with van der Waals surface area (Å²) >= 11 is 0. The summed E-state index contributed by atoms with van der Waals surface area (Å²) in [6.45, 7) is 3.11. The van der Waals surface area contributed by atoms with Gasteiger partial charge < -0.3 is 9.88 Å². The van der Waals surface area contributed by atoms with Crippen LogP contribution in [0.2, 0.25) is 0 Å². The number of amides is 1. The van der Waals surface area contributed by atoms with Gasteiger partial charge in [0.15, 0.2) is 0 Å². The summed E-state index contributed by atoms with van der Waals surface area (Å²) in [5.41, 5.74) is 3.24. The molecule has 2 aromatic carbocycles. The summed E-state index contributed by atoms with van der Waals surface area (Å²) < 4.78 is 15.6. The second kappa shape index (κ2) is 8.40. The molecule has 144 valence electrons. The quantitative estimate of drug-likeness (QED) is 0.715. The maximum Gasteiger partial charge on any atom is 0.224 e. The normalized spacial score (nSPS) is 16.5. The Hall–Kier alpha value is -2.92. The van der Waals surface area contributed by atoms with Crippen molar-refractivity contribution in [3.8, 4) is 0 Å². The van der Waals surface area contributed by atoms with Gasteiger partial charge in [0.05, 0.1) is 6.42 Å². The molecule has 1 unspecified atom stereocenters. The maximum absolute atomic E-state index is 13.3. The van der Waals surface area contributed by atoms with Gasteiger partial charge in [0.25, 0.3) is 0 Å². The predicted molar refractivity (Wildman–Crippen MR) is 107 cm³/mol. The Labute approximate surface area is 164 Å². The molecule has 4 rings (SSSR count). The van der Waals surface area contributed by atoms with Gasteiger partial charge in [-0.15, -0.1) is 0 Å². The number of carbonyl (C=O) groups is 1. The molecule has 3 aromatic rings. The third-order valence-corrected chi connectivity index (χ3v) is 5.23. The van der Waals surface area contributed by atoms with E-state index in [0.29, 0.717) is 12.1 Å². The second-order valence-corrected chi connectivity index (χ2v) is 7.31. The third kappa shape index (κ3) is 4.49. The number of fused-ring (bicyclic) bond motifs is 1. The third-order valence-electron chi connectivity index (χ3n) is 5.23. The zero-order valence-electron chi connectivity index (χ0n) is 15.7. The van der Waals surface area contributed by atoms with Crippen LogP contribution < -0.4 is 5.32 Å². The summed E-state index contributed by atoms with van der Waals surface area (Å²) in [7, 11) is 0. The number of aromatic nitrogens is 1. The summed E-state index contributed by atoms with van der Waals surface area (Å²) in [6, 6.07) is 21.0. The van der Waals surface area contributed by atoms with E-state index in [1.807, 2.05) is 6.07 Å². The molecule has 1 amide bonds. The molecule has 0 bridgehead atoms. The summed E-state index contributed by atoms with van der Waals surface area (Å²) in [4.78, 5) is 14.8. The molecule has 0 saturated carbocycles. The van der Waals surface area contributed by atoms with Crippen LogP contribution in [0.4, 0.5) is 4.39 Å². The standard InChI is InChI=1S/C23H24FN3O/c24-20-9-4-8-19(12-20)13-23(28)25-14-22-17-26-11-5-10-21(26)16-27(22)15-18-6-2-1-3-7-18/h1-12,22H,13-17H2,(H,25,28). The molecule has 28 heavy (non-hydrogen) atoms. The average Bonchev–Trinajstić information content (AvgIpc) is 3.14. The first kappa shape index (κ1) is 18.4. The zero-order valence-corrected chi connectivity index (χ0v) is 15.7. The second-order valence-electron chi connectivity index (χ2n) is 7.31. The Balaban J connectivity index is 1.41. The van der Waals surface area contributed by atoms with Crippen LogP contribution >= 0.6 is 0 Å². The first-order valence-electron chi connectivity index (χ1n) is 9.60. The van der Waals surface area contributed by atoms with Crippen LogP contribution in [0.15, 0.2) is 72.9 Å². The van der Waals surface area contributed by atoms with Crippen LogP contribution in [0.25, 0.3) is 0 Å². The van der Waals surface area contributed by atoms with E-state index in [1.54, 1.807) is 12.1 Å². The molecule has 1 atom stereocenters. The highest BCUT2D eigenvalue weighted by Gasteiger charge is 2.26. The molecular weight excluding hydrogens is 353 g/mol. The highest BCUT2D eigenvalue weighted by atomic mass is 19.1. The van der Waals surface area contributed by atoms with Gasteiger partial charge in [-0.2, -0.15) is 0 Å². The molecule has 0 spiro atoms. The van der Waals surface area contributed by atoms with Crippen molar-refractivity contribution in [2.45, 2.75) is 32.1 Å². The summed E-state index contributed by atoms with van der Waals surface area (Å²) in [5.74, 6) is -0.393. The fraction of sp³-hybridized carbons (Fsp3) is 0.261. The number of nitrogens with zero attached hydrogens (tertiary/aromatic N) is 2. The van der Waals surface area contributed by atoms with Crippen LogP contribution in [0.5, 0.6) is 0 Å². The average molecular weight is 377 g/mol. The minimum Gasteiger partial charge on any atom is -0.354 e. The highest BCUT2D eigenvalue weighted by molar-refractivity contribution is 5.78. The topological polar surface area (TPSA) is 37.3 Å². The van der Waals surface area contributed by atoms with Crippen molar-refractivity contribution in [3.63, 3.8) is 0 Å². The predicted octanol–water partition coefficient (Wildman–Crippen LogP) is 3.37. The van der Waals surface area contributed by atoms with Gasteiger partial charge in [-0.05, 0) is 35.4 Å². The molecule has 4 nitrogen and oxygen atoms in total. The van der Waals surface area contributed by atoms with Crippen molar-refractivity contribution < 1.29 is 9.18 Å². The molecule has 1 N–H and O–H groups in total. The Bertz CT molecular complexity index is 938. The number of hydrogen-bond acceptors (Lipinski definition) is 2. The van der Waals surface area contributed by atoms with Crippen LogP contribution in [0.1, 0.15) is 16.8 Å². The van der Waals surface area contributed by atoms with E-state index in [9.17, 15) is 9.18 Å². The van der Waals surface area contributed by atoms with Crippen molar-refractivity contribution in [1.82, 2.24) is 14.8 Å². The lowest BCUT2D eigenvalue weighted by atomic mass is 10.1. The van der Waals surface area contributed by atoms with Gasteiger partial charge in [-0.1, -0.05) is 42.5 Å². The number of hydrogen-bond donors (Lipinski definition) is 1. The molecule has 1 aromatic heterocycles. The molecule has 2 heterocycles. The maximum atomic E-state index is 13.3. The van der Waals surface area contributed by atoms with Gasteiger partial charge in [0.1, 0.15) is 5.82 Å². The van der Waals surface area contributed by atoms with E-state index in [0.717, 1.165) is 19.6 Å². The lowest BCUT2D eigenvalue weighted by Crippen LogP contribution is -2.48. The highest BCUT2D eigenvalue weighted by Crippen LogP contribution is 2.20. The fourth-order valence-electron chi connectivity index (χ4n) is 3.77. The monoisotopic (exact) mass is 377 g/mol. The van der Waals surface area contributed by atoms with E-state index in [1.165, 1.54) is 23.4 Å². The number of rotatable bonds is 6. The molecule has 0 radical (unpaired) electrons. The van der Waals surface area contributed by atoms with Gasteiger partial charge in [-0.3, -0.25) is 9.69 Å². The Kier molecular flexibility index (Phi) is 5.53. The number of carbonyl (C=O) groups excluding carboxylic acids is 1. The van der Waals surface area contributed by atoms with Gasteiger partial charge in [0.2, 0.25) is 5.91 Å². The molecule has 0 fully saturated rings. The minimum atomic E-state index is -0.313.